The molecule has 6 heteroatoms. The molecule has 0 aliphatic carbocycles. The number of hydrogen-bond donors (Lipinski definition) is 2. The summed E-state index contributed by atoms with van der Waals surface area (Å²) in [5, 5.41) is 14.5. The number of nitrogens with zero attached hydrogens (tertiary/aromatic N) is 1. The second-order valence-electron chi connectivity index (χ2n) is 4.41. The van der Waals surface area contributed by atoms with Gasteiger partial charge in [-0.3, -0.25) is 4.79 Å². The average Bonchev–Trinajstić information content (AvgIpc) is 2.50. The summed E-state index contributed by atoms with van der Waals surface area (Å²) in [6.07, 6.45) is 2.57. The van der Waals surface area contributed by atoms with Crippen LogP contribution in [0.1, 0.15) is 26.7 Å². The van der Waals surface area contributed by atoms with E-state index in [-0.39, 0.29) is 18.1 Å². The molecule has 0 fully saturated rings. The number of nitrogens with one attached hydrogen (secondary N) is 2. The van der Waals surface area contributed by atoms with Crippen molar-refractivity contribution >= 4 is 23.3 Å². The lowest BCUT2D eigenvalue weighted by Gasteiger charge is -2.06. The number of esters is 1. The molecule has 0 aliphatic rings. The molecule has 116 valence electrons. The summed E-state index contributed by atoms with van der Waals surface area (Å²) in [7, 11) is 0. The molecule has 22 heavy (non-hydrogen) atoms. The molecular weight excluding hydrogens is 282 g/mol. The van der Waals surface area contributed by atoms with Crippen LogP contribution in [0.25, 0.3) is 0 Å². The van der Waals surface area contributed by atoms with Crippen molar-refractivity contribution in [2.75, 3.05) is 17.2 Å². The number of ether oxygens (including phenoxy) is 1. The molecule has 0 atom stereocenters. The van der Waals surface area contributed by atoms with Crippen LogP contribution in [0.4, 0.5) is 11.4 Å². The zero-order valence-electron chi connectivity index (χ0n) is 12.7. The molecular formula is C16H19N3O3. The number of anilines is 2. The normalized spacial score (nSPS) is 10.5. The SMILES string of the molecule is CCCC(=O)Nc1ccc(N/C=C(\C#N)C(=O)OCC)cc1. The zero-order valence-corrected chi connectivity index (χ0v) is 12.7. The minimum atomic E-state index is -0.666. The molecule has 0 saturated carbocycles. The highest BCUT2D eigenvalue weighted by molar-refractivity contribution is 5.93. The van der Waals surface area contributed by atoms with E-state index in [1.54, 1.807) is 37.3 Å². The molecule has 2 N–H and O–H groups in total. The summed E-state index contributed by atoms with van der Waals surface area (Å²) in [5.41, 5.74) is 1.27. The lowest BCUT2D eigenvalue weighted by atomic mass is 10.2. The first kappa shape index (κ1) is 17.2. The molecule has 0 aromatic heterocycles. The highest BCUT2D eigenvalue weighted by Gasteiger charge is 2.09. The Morgan fingerprint density at radius 3 is 2.41 bits per heavy atom. The second-order valence-corrected chi connectivity index (χ2v) is 4.41. The standard InChI is InChI=1S/C16H19N3O3/c1-3-5-15(20)19-14-8-6-13(7-9-14)18-11-12(10-17)16(21)22-4-2/h6-9,11,18H,3-5H2,1-2H3,(H,19,20)/b12-11+. The summed E-state index contributed by atoms with van der Waals surface area (Å²) in [4.78, 5) is 22.9. The first-order chi connectivity index (χ1) is 10.6. The smallest absolute Gasteiger partial charge is 0.350 e. The molecule has 0 heterocycles. The molecule has 1 aromatic rings. The van der Waals surface area contributed by atoms with E-state index in [2.05, 4.69) is 10.6 Å². The first-order valence-corrected chi connectivity index (χ1v) is 7.04. The van der Waals surface area contributed by atoms with E-state index in [9.17, 15) is 9.59 Å². The van der Waals surface area contributed by atoms with E-state index in [1.165, 1.54) is 6.20 Å². The summed E-state index contributed by atoms with van der Waals surface area (Å²) in [6.45, 7) is 3.82. The van der Waals surface area contributed by atoms with Crippen LogP contribution in [-0.4, -0.2) is 18.5 Å². The van der Waals surface area contributed by atoms with Crippen LogP contribution in [0, 0.1) is 11.3 Å². The van der Waals surface area contributed by atoms with E-state index in [4.69, 9.17) is 10.00 Å². The summed E-state index contributed by atoms with van der Waals surface area (Å²) in [5.74, 6) is -0.696. The summed E-state index contributed by atoms with van der Waals surface area (Å²) in [6, 6.07) is 8.72. The van der Waals surface area contributed by atoms with Crippen LogP contribution in [0.2, 0.25) is 0 Å². The molecule has 0 saturated heterocycles. The number of nitriles is 1. The Balaban J connectivity index is 2.66. The van der Waals surface area contributed by atoms with Crippen molar-refractivity contribution in [3.63, 3.8) is 0 Å². The van der Waals surface area contributed by atoms with Gasteiger partial charge in [-0.1, -0.05) is 6.92 Å². The predicted octanol–water partition coefficient (Wildman–Crippen LogP) is 2.81. The van der Waals surface area contributed by atoms with Gasteiger partial charge in [-0.15, -0.1) is 0 Å². The molecule has 0 aliphatic heterocycles. The minimum Gasteiger partial charge on any atom is -0.462 e. The van der Waals surface area contributed by atoms with Gasteiger partial charge >= 0.3 is 5.97 Å². The number of carbonyl (C=O) groups is 2. The van der Waals surface area contributed by atoms with Gasteiger partial charge in [0.2, 0.25) is 5.91 Å². The maximum absolute atomic E-state index is 11.5. The van der Waals surface area contributed by atoms with Crippen LogP contribution < -0.4 is 10.6 Å². The number of carbonyl (C=O) groups excluding carboxylic acids is 2. The number of benzene rings is 1. The topological polar surface area (TPSA) is 91.2 Å². The molecule has 1 aromatic carbocycles. The highest BCUT2D eigenvalue weighted by Crippen LogP contribution is 2.14. The number of rotatable bonds is 7. The maximum atomic E-state index is 11.5. The van der Waals surface area contributed by atoms with Gasteiger partial charge in [-0.2, -0.15) is 5.26 Å². The Bertz CT molecular complexity index is 586. The van der Waals surface area contributed by atoms with E-state index in [0.29, 0.717) is 17.8 Å². The Morgan fingerprint density at radius 1 is 1.23 bits per heavy atom. The van der Waals surface area contributed by atoms with Crippen molar-refractivity contribution < 1.29 is 14.3 Å². The monoisotopic (exact) mass is 301 g/mol. The fourth-order valence-corrected chi connectivity index (χ4v) is 1.60. The minimum absolute atomic E-state index is 0.0304. The fourth-order valence-electron chi connectivity index (χ4n) is 1.60. The maximum Gasteiger partial charge on any atom is 0.350 e. The van der Waals surface area contributed by atoms with Crippen LogP contribution in [0.3, 0.4) is 0 Å². The quantitative estimate of drug-likeness (QED) is 0.459. The Morgan fingerprint density at radius 2 is 1.86 bits per heavy atom. The molecule has 0 bridgehead atoms. The summed E-state index contributed by atoms with van der Waals surface area (Å²) < 4.78 is 4.75. The van der Waals surface area contributed by atoms with Gasteiger partial charge in [0, 0.05) is 24.0 Å². The van der Waals surface area contributed by atoms with Crippen molar-refractivity contribution in [3.8, 4) is 6.07 Å². The molecule has 0 spiro atoms. The Kier molecular flexibility index (Phi) is 7.20. The van der Waals surface area contributed by atoms with Crippen molar-refractivity contribution in [3.05, 3.63) is 36.0 Å². The Hall–Kier alpha value is -2.81. The lowest BCUT2D eigenvalue weighted by molar-refractivity contribution is -0.138. The van der Waals surface area contributed by atoms with Crippen molar-refractivity contribution in [1.82, 2.24) is 0 Å². The predicted molar refractivity (Wildman–Crippen MR) is 83.9 cm³/mol. The van der Waals surface area contributed by atoms with Crippen LogP contribution in [0.15, 0.2) is 36.0 Å². The molecule has 6 nitrogen and oxygen atoms in total. The lowest BCUT2D eigenvalue weighted by Crippen LogP contribution is -2.10. The van der Waals surface area contributed by atoms with Gasteiger partial charge in [-0.25, -0.2) is 4.79 Å². The molecule has 0 unspecified atom stereocenters. The third-order valence-corrected chi connectivity index (χ3v) is 2.64. The van der Waals surface area contributed by atoms with Crippen molar-refractivity contribution in [1.29, 1.82) is 5.26 Å². The average molecular weight is 301 g/mol. The third-order valence-electron chi connectivity index (χ3n) is 2.64. The van der Waals surface area contributed by atoms with E-state index in [0.717, 1.165) is 6.42 Å². The van der Waals surface area contributed by atoms with E-state index in [1.807, 2.05) is 6.92 Å². The van der Waals surface area contributed by atoms with E-state index < -0.39 is 5.97 Å². The van der Waals surface area contributed by atoms with Crippen molar-refractivity contribution in [2.45, 2.75) is 26.7 Å². The summed E-state index contributed by atoms with van der Waals surface area (Å²) >= 11 is 0. The third kappa shape index (κ3) is 5.67. The van der Waals surface area contributed by atoms with Gasteiger partial charge in [-0.05, 0) is 37.6 Å². The van der Waals surface area contributed by atoms with Crippen LogP contribution in [-0.2, 0) is 14.3 Å². The number of amides is 1. The fraction of sp³-hybridized carbons (Fsp3) is 0.312. The van der Waals surface area contributed by atoms with Gasteiger partial charge in [0.05, 0.1) is 6.61 Å². The Labute approximate surface area is 129 Å². The largest absolute Gasteiger partial charge is 0.462 e. The van der Waals surface area contributed by atoms with Gasteiger partial charge in [0.25, 0.3) is 0 Å². The molecule has 1 amide bonds. The van der Waals surface area contributed by atoms with Crippen LogP contribution in [0.5, 0.6) is 0 Å². The van der Waals surface area contributed by atoms with E-state index >= 15 is 0 Å². The van der Waals surface area contributed by atoms with Gasteiger partial charge in [0.15, 0.2) is 5.57 Å². The zero-order chi connectivity index (χ0) is 16.4. The van der Waals surface area contributed by atoms with Crippen LogP contribution >= 0.6 is 0 Å². The first-order valence-electron chi connectivity index (χ1n) is 7.04. The highest BCUT2D eigenvalue weighted by atomic mass is 16.5. The molecule has 1 rings (SSSR count). The van der Waals surface area contributed by atoms with Crippen molar-refractivity contribution in [2.24, 2.45) is 0 Å². The second kappa shape index (κ2) is 9.19. The van der Waals surface area contributed by atoms with Gasteiger partial charge < -0.3 is 15.4 Å². The van der Waals surface area contributed by atoms with Gasteiger partial charge in [0.1, 0.15) is 6.07 Å². The molecule has 0 radical (unpaired) electrons. The number of hydrogen-bond acceptors (Lipinski definition) is 5.